The molecule has 1 unspecified atom stereocenters. The third-order valence-electron chi connectivity index (χ3n) is 4.13. The minimum absolute atomic E-state index is 0. The number of rotatable bonds is 5. The number of aryl methyl sites for hydroxylation is 3. The normalized spacial score (nSPS) is 10.6. The van der Waals surface area contributed by atoms with Crippen molar-refractivity contribution < 1.29 is 9.53 Å². The standard InChI is InChI=1S/C22H21O2P.Li/c1-15-8-7-9-16(2)21(15)22(23)25-20-13-12-19(14-17(20)3)24-18-10-5-4-6-11-18;/h4-14,25H,1-3H3;. The third kappa shape index (κ3) is 4.86. The molecular formula is C22H21LiO2P. The number of hydrogen-bond donors (Lipinski definition) is 0. The summed E-state index contributed by atoms with van der Waals surface area (Å²) in [4.78, 5) is 12.8. The minimum atomic E-state index is 0. The van der Waals surface area contributed by atoms with E-state index in [2.05, 4.69) is 0 Å². The van der Waals surface area contributed by atoms with Crippen LogP contribution in [-0.4, -0.2) is 24.4 Å². The number of benzene rings is 3. The molecule has 0 amide bonds. The van der Waals surface area contributed by atoms with Crippen molar-refractivity contribution in [1.29, 1.82) is 0 Å². The molecule has 0 aromatic heterocycles. The average Bonchev–Trinajstić information content (AvgIpc) is 2.58. The summed E-state index contributed by atoms with van der Waals surface area (Å²) in [6, 6.07) is 21.6. The van der Waals surface area contributed by atoms with E-state index >= 15 is 0 Å². The predicted molar refractivity (Wildman–Crippen MR) is 112 cm³/mol. The fourth-order valence-corrected chi connectivity index (χ4v) is 4.02. The largest absolute Gasteiger partial charge is 0.457 e. The van der Waals surface area contributed by atoms with E-state index in [0.29, 0.717) is 0 Å². The van der Waals surface area contributed by atoms with Gasteiger partial charge in [-0.05, 0) is 75.6 Å². The van der Waals surface area contributed by atoms with Crippen molar-refractivity contribution in [2.45, 2.75) is 20.8 Å². The Bertz CT molecular complexity index is 887. The van der Waals surface area contributed by atoms with Crippen LogP contribution in [0.3, 0.4) is 0 Å². The molecule has 127 valence electrons. The van der Waals surface area contributed by atoms with Crippen LogP contribution in [0, 0.1) is 20.8 Å². The van der Waals surface area contributed by atoms with E-state index in [1.165, 1.54) is 0 Å². The van der Waals surface area contributed by atoms with Crippen LogP contribution >= 0.6 is 8.58 Å². The van der Waals surface area contributed by atoms with Gasteiger partial charge in [0.2, 0.25) is 0 Å². The topological polar surface area (TPSA) is 26.3 Å². The number of ether oxygens (including phenoxy) is 1. The molecule has 3 aromatic carbocycles. The molecule has 0 aliphatic carbocycles. The predicted octanol–water partition coefficient (Wildman–Crippen LogP) is 5.17. The van der Waals surface area contributed by atoms with Crippen LogP contribution in [0.2, 0.25) is 0 Å². The number of carbonyl (C=O) groups excluding carboxylic acids is 1. The average molecular weight is 355 g/mol. The van der Waals surface area contributed by atoms with Crippen molar-refractivity contribution in [1.82, 2.24) is 0 Å². The van der Waals surface area contributed by atoms with Crippen LogP contribution < -0.4 is 10.0 Å². The van der Waals surface area contributed by atoms with E-state index in [1.807, 2.05) is 87.5 Å². The minimum Gasteiger partial charge on any atom is -0.457 e. The zero-order valence-corrected chi connectivity index (χ0v) is 16.7. The first-order valence-corrected chi connectivity index (χ1v) is 9.26. The molecule has 26 heavy (non-hydrogen) atoms. The second-order valence-corrected chi connectivity index (χ2v) is 7.36. The molecule has 4 heteroatoms. The van der Waals surface area contributed by atoms with Crippen molar-refractivity contribution >= 4 is 38.3 Å². The Balaban J connectivity index is 0.00000243. The Hall–Kier alpha value is -1.84. The van der Waals surface area contributed by atoms with Gasteiger partial charge in [-0.1, -0.05) is 42.5 Å². The van der Waals surface area contributed by atoms with Gasteiger partial charge in [-0.3, -0.25) is 4.79 Å². The second-order valence-electron chi connectivity index (χ2n) is 6.11. The van der Waals surface area contributed by atoms with Crippen molar-refractivity contribution in [2.24, 2.45) is 0 Å². The SMILES string of the molecule is Cc1cc(Oc2ccccc2)ccc1PC(=O)c1c(C)cccc1C.[Li]. The smallest absolute Gasteiger partial charge is 0.186 e. The summed E-state index contributed by atoms with van der Waals surface area (Å²) in [5, 5.41) is 1.06. The van der Waals surface area contributed by atoms with Gasteiger partial charge in [-0.15, -0.1) is 0 Å². The fourth-order valence-electron chi connectivity index (χ4n) is 2.82. The second kappa shape index (κ2) is 9.20. The van der Waals surface area contributed by atoms with Crippen molar-refractivity contribution in [3.8, 4) is 11.5 Å². The van der Waals surface area contributed by atoms with Gasteiger partial charge < -0.3 is 4.74 Å². The molecule has 0 N–H and O–H groups in total. The Morgan fingerprint density at radius 1 is 0.769 bits per heavy atom. The summed E-state index contributed by atoms with van der Waals surface area (Å²) >= 11 is 0. The Morgan fingerprint density at radius 2 is 1.42 bits per heavy atom. The van der Waals surface area contributed by atoms with Gasteiger partial charge >= 0.3 is 0 Å². The van der Waals surface area contributed by atoms with Gasteiger partial charge in [0.15, 0.2) is 5.52 Å². The van der Waals surface area contributed by atoms with Crippen molar-refractivity contribution in [3.63, 3.8) is 0 Å². The summed E-state index contributed by atoms with van der Waals surface area (Å²) < 4.78 is 5.86. The molecule has 3 aromatic rings. The van der Waals surface area contributed by atoms with Crippen LogP contribution in [0.5, 0.6) is 11.5 Å². The van der Waals surface area contributed by atoms with E-state index in [4.69, 9.17) is 4.74 Å². The summed E-state index contributed by atoms with van der Waals surface area (Å²) in [6.07, 6.45) is 0. The maximum absolute atomic E-state index is 12.8. The van der Waals surface area contributed by atoms with Gasteiger partial charge in [0.1, 0.15) is 11.5 Å². The van der Waals surface area contributed by atoms with E-state index < -0.39 is 0 Å². The van der Waals surface area contributed by atoms with Gasteiger partial charge in [0.25, 0.3) is 0 Å². The maximum atomic E-state index is 12.8. The molecule has 2 nitrogen and oxygen atoms in total. The molecule has 0 heterocycles. The Kier molecular flexibility index (Phi) is 7.24. The zero-order valence-electron chi connectivity index (χ0n) is 15.7. The summed E-state index contributed by atoms with van der Waals surface area (Å²) in [7, 11) is 0.117. The van der Waals surface area contributed by atoms with Crippen LogP contribution in [0.15, 0.2) is 66.7 Å². The molecule has 0 saturated heterocycles. The van der Waals surface area contributed by atoms with E-state index in [-0.39, 0.29) is 33.0 Å². The van der Waals surface area contributed by atoms with Gasteiger partial charge in [-0.25, -0.2) is 0 Å². The summed E-state index contributed by atoms with van der Waals surface area (Å²) in [5.41, 5.74) is 4.20. The van der Waals surface area contributed by atoms with E-state index in [0.717, 1.165) is 39.1 Å². The molecule has 3 rings (SSSR count). The molecule has 1 atom stereocenters. The van der Waals surface area contributed by atoms with E-state index in [9.17, 15) is 4.79 Å². The quantitative estimate of drug-likeness (QED) is 0.466. The van der Waals surface area contributed by atoms with Gasteiger partial charge in [0, 0.05) is 24.4 Å². The monoisotopic (exact) mass is 355 g/mol. The first kappa shape index (κ1) is 20.5. The van der Waals surface area contributed by atoms with Gasteiger partial charge in [0.05, 0.1) is 0 Å². The van der Waals surface area contributed by atoms with Gasteiger partial charge in [-0.2, -0.15) is 0 Å². The maximum Gasteiger partial charge on any atom is 0.186 e. The first-order chi connectivity index (χ1) is 12.0. The molecule has 0 aliphatic heterocycles. The van der Waals surface area contributed by atoms with Crippen molar-refractivity contribution in [3.05, 3.63) is 89.0 Å². The molecule has 0 spiro atoms. The zero-order chi connectivity index (χ0) is 17.8. The fraction of sp³-hybridized carbons (Fsp3) is 0.136. The van der Waals surface area contributed by atoms with Crippen LogP contribution in [0.25, 0.3) is 0 Å². The van der Waals surface area contributed by atoms with Crippen LogP contribution in [-0.2, 0) is 0 Å². The van der Waals surface area contributed by atoms with Crippen LogP contribution in [0.1, 0.15) is 27.0 Å². The first-order valence-electron chi connectivity index (χ1n) is 8.26. The molecule has 0 bridgehead atoms. The number of para-hydroxylation sites is 1. The summed E-state index contributed by atoms with van der Waals surface area (Å²) in [6.45, 7) is 6.01. The third-order valence-corrected chi connectivity index (χ3v) is 5.44. The molecule has 0 aliphatic rings. The number of hydrogen-bond acceptors (Lipinski definition) is 2. The molecule has 0 saturated carbocycles. The Morgan fingerprint density at radius 3 is 2.04 bits per heavy atom. The Labute approximate surface area is 168 Å². The molecule has 1 radical (unpaired) electrons. The van der Waals surface area contributed by atoms with Crippen LogP contribution in [0.4, 0.5) is 0 Å². The number of carbonyl (C=O) groups is 1. The van der Waals surface area contributed by atoms with E-state index in [1.54, 1.807) is 0 Å². The molecule has 0 fully saturated rings. The summed E-state index contributed by atoms with van der Waals surface area (Å²) in [5.74, 6) is 1.60. The van der Waals surface area contributed by atoms with Crippen molar-refractivity contribution in [2.75, 3.05) is 0 Å². The molecular weight excluding hydrogens is 334 g/mol.